The lowest BCUT2D eigenvalue weighted by atomic mass is 10.1. The Morgan fingerprint density at radius 3 is 2.42 bits per heavy atom. The molecule has 1 aliphatic rings. The highest BCUT2D eigenvalue weighted by atomic mass is 19.1. The third-order valence-corrected chi connectivity index (χ3v) is 4.49. The van der Waals surface area contributed by atoms with Crippen LogP contribution in [-0.4, -0.2) is 37.0 Å². The zero-order chi connectivity index (χ0) is 17.1. The SMILES string of the molecule is Cc1ccccc1CC(=O)N1CCN(c2ccc(F)cc2F)CC1. The van der Waals surface area contributed by atoms with Crippen LogP contribution in [0.1, 0.15) is 11.1 Å². The topological polar surface area (TPSA) is 23.6 Å². The second-order valence-electron chi connectivity index (χ2n) is 6.07. The number of hydrogen-bond donors (Lipinski definition) is 0. The van der Waals surface area contributed by atoms with E-state index in [1.54, 1.807) is 0 Å². The van der Waals surface area contributed by atoms with Crippen LogP contribution in [0.4, 0.5) is 14.5 Å². The molecule has 0 aromatic heterocycles. The Labute approximate surface area is 140 Å². The Morgan fingerprint density at radius 1 is 1.04 bits per heavy atom. The van der Waals surface area contributed by atoms with Crippen LogP contribution in [0.15, 0.2) is 42.5 Å². The van der Waals surface area contributed by atoms with Gasteiger partial charge in [0.1, 0.15) is 11.6 Å². The molecule has 3 nitrogen and oxygen atoms in total. The molecule has 24 heavy (non-hydrogen) atoms. The number of piperazine rings is 1. The number of carbonyl (C=O) groups is 1. The summed E-state index contributed by atoms with van der Waals surface area (Å²) in [5, 5.41) is 0. The Hall–Kier alpha value is -2.43. The molecule has 0 N–H and O–H groups in total. The van der Waals surface area contributed by atoms with E-state index in [1.165, 1.54) is 12.1 Å². The van der Waals surface area contributed by atoms with Crippen LogP contribution in [0.5, 0.6) is 0 Å². The lowest BCUT2D eigenvalue weighted by Gasteiger charge is -2.36. The van der Waals surface area contributed by atoms with Gasteiger partial charge in [-0.15, -0.1) is 0 Å². The first-order chi connectivity index (χ1) is 11.5. The Kier molecular flexibility index (Phi) is 4.79. The minimum absolute atomic E-state index is 0.0866. The highest BCUT2D eigenvalue weighted by molar-refractivity contribution is 5.79. The second-order valence-corrected chi connectivity index (χ2v) is 6.07. The predicted octanol–water partition coefficient (Wildman–Crippen LogP) is 3.16. The van der Waals surface area contributed by atoms with Crippen molar-refractivity contribution in [2.24, 2.45) is 0 Å². The van der Waals surface area contributed by atoms with Gasteiger partial charge in [0, 0.05) is 32.2 Å². The van der Waals surface area contributed by atoms with Gasteiger partial charge in [-0.2, -0.15) is 0 Å². The van der Waals surface area contributed by atoms with Gasteiger partial charge < -0.3 is 9.80 Å². The largest absolute Gasteiger partial charge is 0.366 e. The summed E-state index contributed by atoms with van der Waals surface area (Å²) in [4.78, 5) is 16.1. The summed E-state index contributed by atoms with van der Waals surface area (Å²) < 4.78 is 26.9. The first-order valence-electron chi connectivity index (χ1n) is 8.07. The van der Waals surface area contributed by atoms with Crippen LogP contribution >= 0.6 is 0 Å². The maximum Gasteiger partial charge on any atom is 0.227 e. The summed E-state index contributed by atoms with van der Waals surface area (Å²) in [5.74, 6) is -1.05. The number of nitrogens with zero attached hydrogens (tertiary/aromatic N) is 2. The van der Waals surface area contributed by atoms with Crippen molar-refractivity contribution in [3.8, 4) is 0 Å². The van der Waals surface area contributed by atoms with Crippen molar-refractivity contribution < 1.29 is 13.6 Å². The van der Waals surface area contributed by atoms with Crippen molar-refractivity contribution in [2.75, 3.05) is 31.1 Å². The molecule has 1 fully saturated rings. The van der Waals surface area contributed by atoms with E-state index in [1.807, 2.05) is 41.0 Å². The normalized spacial score (nSPS) is 14.8. The molecule has 0 spiro atoms. The molecule has 0 atom stereocenters. The number of carbonyl (C=O) groups excluding carboxylic acids is 1. The van der Waals surface area contributed by atoms with Crippen molar-refractivity contribution in [3.63, 3.8) is 0 Å². The van der Waals surface area contributed by atoms with Gasteiger partial charge in [0.2, 0.25) is 5.91 Å². The lowest BCUT2D eigenvalue weighted by Crippen LogP contribution is -2.49. The molecule has 126 valence electrons. The number of aryl methyl sites for hydroxylation is 1. The number of hydrogen-bond acceptors (Lipinski definition) is 2. The molecule has 3 rings (SSSR count). The van der Waals surface area contributed by atoms with Gasteiger partial charge in [-0.25, -0.2) is 8.78 Å². The van der Waals surface area contributed by atoms with E-state index in [4.69, 9.17) is 0 Å². The van der Waals surface area contributed by atoms with Gasteiger partial charge in [0.05, 0.1) is 12.1 Å². The van der Waals surface area contributed by atoms with E-state index >= 15 is 0 Å². The first kappa shape index (κ1) is 16.4. The average Bonchev–Trinajstić information content (AvgIpc) is 2.57. The Bertz CT molecular complexity index is 740. The van der Waals surface area contributed by atoms with Crippen molar-refractivity contribution in [1.82, 2.24) is 4.90 Å². The van der Waals surface area contributed by atoms with Crippen LogP contribution in [0.2, 0.25) is 0 Å². The third-order valence-electron chi connectivity index (χ3n) is 4.49. The zero-order valence-corrected chi connectivity index (χ0v) is 13.6. The molecule has 0 radical (unpaired) electrons. The highest BCUT2D eigenvalue weighted by Gasteiger charge is 2.23. The lowest BCUT2D eigenvalue weighted by molar-refractivity contribution is -0.130. The smallest absolute Gasteiger partial charge is 0.227 e. The van der Waals surface area contributed by atoms with E-state index in [2.05, 4.69) is 0 Å². The number of rotatable bonds is 3. The van der Waals surface area contributed by atoms with Crippen LogP contribution in [-0.2, 0) is 11.2 Å². The molecular weight excluding hydrogens is 310 g/mol. The van der Waals surface area contributed by atoms with E-state index in [9.17, 15) is 13.6 Å². The van der Waals surface area contributed by atoms with Gasteiger partial charge in [-0.3, -0.25) is 4.79 Å². The van der Waals surface area contributed by atoms with Crippen LogP contribution in [0.3, 0.4) is 0 Å². The van der Waals surface area contributed by atoms with Gasteiger partial charge in [-0.05, 0) is 30.2 Å². The van der Waals surface area contributed by atoms with Gasteiger partial charge in [0.25, 0.3) is 0 Å². The fourth-order valence-corrected chi connectivity index (χ4v) is 3.02. The average molecular weight is 330 g/mol. The summed E-state index contributed by atoms with van der Waals surface area (Å²) in [6.45, 7) is 4.17. The monoisotopic (exact) mass is 330 g/mol. The summed E-state index contributed by atoms with van der Waals surface area (Å²) in [6, 6.07) is 11.5. The first-order valence-corrected chi connectivity index (χ1v) is 8.07. The van der Waals surface area contributed by atoms with Crippen LogP contribution in [0, 0.1) is 18.6 Å². The molecule has 0 unspecified atom stereocenters. The summed E-state index contributed by atoms with van der Waals surface area (Å²) in [6.07, 6.45) is 0.386. The molecular formula is C19H20F2N2O. The maximum absolute atomic E-state index is 13.9. The molecule has 1 saturated heterocycles. The minimum Gasteiger partial charge on any atom is -0.366 e. The predicted molar refractivity (Wildman–Crippen MR) is 90.0 cm³/mol. The second kappa shape index (κ2) is 6.99. The van der Waals surface area contributed by atoms with Gasteiger partial charge in [0.15, 0.2) is 0 Å². The van der Waals surface area contributed by atoms with Crippen LogP contribution in [0.25, 0.3) is 0 Å². The molecule has 0 saturated carbocycles. The number of anilines is 1. The molecule has 2 aromatic rings. The van der Waals surface area contributed by atoms with E-state index in [0.717, 1.165) is 17.2 Å². The van der Waals surface area contributed by atoms with Crippen LogP contribution < -0.4 is 4.90 Å². The van der Waals surface area contributed by atoms with Gasteiger partial charge >= 0.3 is 0 Å². The standard InChI is InChI=1S/C19H20F2N2O/c1-14-4-2-3-5-15(14)12-19(24)23-10-8-22(9-11-23)18-7-6-16(20)13-17(18)21/h2-7,13H,8-12H2,1H3. The molecule has 2 aromatic carbocycles. The fourth-order valence-electron chi connectivity index (χ4n) is 3.02. The molecule has 5 heteroatoms. The van der Waals surface area contributed by atoms with Crippen molar-refractivity contribution in [2.45, 2.75) is 13.3 Å². The van der Waals surface area contributed by atoms with E-state index in [-0.39, 0.29) is 5.91 Å². The number of amides is 1. The zero-order valence-electron chi connectivity index (χ0n) is 13.6. The fraction of sp³-hybridized carbons (Fsp3) is 0.316. The minimum atomic E-state index is -0.580. The Morgan fingerprint density at radius 2 is 1.75 bits per heavy atom. The highest BCUT2D eigenvalue weighted by Crippen LogP contribution is 2.22. The summed E-state index contributed by atoms with van der Waals surface area (Å²) >= 11 is 0. The summed E-state index contributed by atoms with van der Waals surface area (Å²) in [5.41, 5.74) is 2.54. The van der Waals surface area contributed by atoms with Crippen molar-refractivity contribution in [1.29, 1.82) is 0 Å². The third kappa shape index (κ3) is 3.55. The molecule has 1 amide bonds. The molecule has 0 aliphatic carbocycles. The molecule has 0 bridgehead atoms. The summed E-state index contributed by atoms with van der Waals surface area (Å²) in [7, 11) is 0. The quantitative estimate of drug-likeness (QED) is 0.863. The Balaban J connectivity index is 1.60. The van der Waals surface area contributed by atoms with Crippen molar-refractivity contribution in [3.05, 3.63) is 65.2 Å². The van der Waals surface area contributed by atoms with Gasteiger partial charge in [-0.1, -0.05) is 24.3 Å². The van der Waals surface area contributed by atoms with E-state index < -0.39 is 11.6 Å². The van der Waals surface area contributed by atoms with E-state index in [0.29, 0.717) is 38.3 Å². The number of benzene rings is 2. The maximum atomic E-state index is 13.9. The molecule has 1 aliphatic heterocycles. The molecule has 1 heterocycles. The number of halogens is 2. The van der Waals surface area contributed by atoms with Crippen molar-refractivity contribution >= 4 is 11.6 Å².